The van der Waals surface area contributed by atoms with Gasteiger partial charge in [-0.05, 0) is 24.3 Å². The number of carbonyl (C=O) groups is 2. The SMILES string of the molecule is O=C(O)COc1ccc(NC(=O)Nc2nccnn2)cc1. The van der Waals surface area contributed by atoms with E-state index in [1.807, 2.05) is 0 Å². The van der Waals surface area contributed by atoms with Crippen LogP contribution in [-0.4, -0.2) is 38.9 Å². The smallest absolute Gasteiger partial charge is 0.341 e. The van der Waals surface area contributed by atoms with E-state index in [1.54, 1.807) is 24.3 Å². The van der Waals surface area contributed by atoms with Gasteiger partial charge in [0.25, 0.3) is 5.95 Å². The van der Waals surface area contributed by atoms with E-state index >= 15 is 0 Å². The van der Waals surface area contributed by atoms with Crippen LogP contribution >= 0.6 is 0 Å². The molecule has 0 unspecified atom stereocenters. The number of anilines is 2. The van der Waals surface area contributed by atoms with Crippen molar-refractivity contribution in [2.45, 2.75) is 0 Å². The second-order valence-corrected chi connectivity index (χ2v) is 3.75. The first-order valence-electron chi connectivity index (χ1n) is 5.80. The van der Waals surface area contributed by atoms with Gasteiger partial charge >= 0.3 is 12.0 Å². The molecule has 0 bridgehead atoms. The van der Waals surface area contributed by atoms with Crippen LogP contribution in [0.3, 0.4) is 0 Å². The van der Waals surface area contributed by atoms with E-state index < -0.39 is 18.6 Å². The van der Waals surface area contributed by atoms with Crippen molar-refractivity contribution in [3.8, 4) is 5.75 Å². The van der Waals surface area contributed by atoms with Crippen molar-refractivity contribution in [1.29, 1.82) is 0 Å². The zero-order chi connectivity index (χ0) is 15.1. The van der Waals surface area contributed by atoms with Gasteiger partial charge in [0.05, 0.1) is 12.4 Å². The molecule has 2 aromatic rings. The van der Waals surface area contributed by atoms with E-state index in [-0.39, 0.29) is 5.95 Å². The molecule has 0 aliphatic rings. The Morgan fingerprint density at radius 1 is 1.14 bits per heavy atom. The molecule has 0 aliphatic heterocycles. The highest BCUT2D eigenvalue weighted by atomic mass is 16.5. The number of carbonyl (C=O) groups excluding carboxylic acids is 1. The molecule has 0 fully saturated rings. The van der Waals surface area contributed by atoms with Crippen molar-refractivity contribution in [3.05, 3.63) is 36.7 Å². The third kappa shape index (κ3) is 4.74. The molecule has 1 heterocycles. The largest absolute Gasteiger partial charge is 0.482 e. The molecule has 0 saturated heterocycles. The number of ether oxygens (including phenoxy) is 1. The molecular weight excluding hydrogens is 278 g/mol. The fourth-order valence-electron chi connectivity index (χ4n) is 1.35. The number of hydrogen-bond donors (Lipinski definition) is 3. The molecule has 0 saturated carbocycles. The molecule has 1 aromatic heterocycles. The average molecular weight is 289 g/mol. The molecule has 0 atom stereocenters. The number of urea groups is 1. The molecule has 0 aliphatic carbocycles. The molecule has 0 spiro atoms. The monoisotopic (exact) mass is 289 g/mol. The van der Waals surface area contributed by atoms with Crippen LogP contribution < -0.4 is 15.4 Å². The normalized spacial score (nSPS) is 9.71. The van der Waals surface area contributed by atoms with Gasteiger partial charge < -0.3 is 15.2 Å². The minimum atomic E-state index is -1.06. The summed E-state index contributed by atoms with van der Waals surface area (Å²) in [6.45, 7) is -0.425. The maximum Gasteiger partial charge on any atom is 0.341 e. The summed E-state index contributed by atoms with van der Waals surface area (Å²) in [6, 6.07) is 5.70. The predicted octanol–water partition coefficient (Wildman–Crippen LogP) is 0.979. The summed E-state index contributed by atoms with van der Waals surface area (Å²) in [5.41, 5.74) is 0.499. The van der Waals surface area contributed by atoms with Gasteiger partial charge in [0.2, 0.25) is 0 Å². The number of aliphatic carboxylic acids is 1. The van der Waals surface area contributed by atoms with Crippen LogP contribution in [0.5, 0.6) is 5.75 Å². The molecule has 9 nitrogen and oxygen atoms in total. The summed E-state index contributed by atoms with van der Waals surface area (Å²) in [5.74, 6) is -0.594. The van der Waals surface area contributed by atoms with Crippen LogP contribution in [0, 0.1) is 0 Å². The van der Waals surface area contributed by atoms with E-state index in [1.165, 1.54) is 12.4 Å². The lowest BCUT2D eigenvalue weighted by Gasteiger charge is -2.07. The highest BCUT2D eigenvalue weighted by Crippen LogP contribution is 2.15. The average Bonchev–Trinajstić information content (AvgIpc) is 2.47. The number of carboxylic acids is 1. The zero-order valence-electron chi connectivity index (χ0n) is 10.7. The molecule has 108 valence electrons. The first kappa shape index (κ1) is 14.2. The Labute approximate surface area is 119 Å². The molecule has 21 heavy (non-hydrogen) atoms. The predicted molar refractivity (Wildman–Crippen MR) is 72.0 cm³/mol. The van der Waals surface area contributed by atoms with Gasteiger partial charge in [-0.25, -0.2) is 14.6 Å². The lowest BCUT2D eigenvalue weighted by molar-refractivity contribution is -0.139. The quantitative estimate of drug-likeness (QED) is 0.748. The third-order valence-electron chi connectivity index (χ3n) is 2.18. The van der Waals surface area contributed by atoms with Crippen molar-refractivity contribution < 1.29 is 19.4 Å². The lowest BCUT2D eigenvalue weighted by atomic mass is 10.3. The summed E-state index contributed by atoms with van der Waals surface area (Å²) in [5, 5.41) is 20.6. The van der Waals surface area contributed by atoms with Crippen LogP contribution in [-0.2, 0) is 4.79 Å². The maximum atomic E-state index is 11.6. The second-order valence-electron chi connectivity index (χ2n) is 3.75. The van der Waals surface area contributed by atoms with Crippen LogP contribution in [0.2, 0.25) is 0 Å². The molecule has 0 radical (unpaired) electrons. The number of benzene rings is 1. The summed E-state index contributed by atoms with van der Waals surface area (Å²) in [4.78, 5) is 25.8. The Morgan fingerprint density at radius 2 is 1.90 bits per heavy atom. The maximum absolute atomic E-state index is 11.6. The molecule has 3 N–H and O–H groups in total. The van der Waals surface area contributed by atoms with Gasteiger partial charge in [0, 0.05) is 5.69 Å². The Bertz CT molecular complexity index is 617. The number of amides is 2. The Morgan fingerprint density at radius 3 is 2.52 bits per heavy atom. The highest BCUT2D eigenvalue weighted by molar-refractivity contribution is 5.98. The van der Waals surface area contributed by atoms with E-state index in [0.717, 1.165) is 0 Å². The van der Waals surface area contributed by atoms with E-state index in [0.29, 0.717) is 11.4 Å². The Kier molecular flexibility index (Phi) is 4.59. The van der Waals surface area contributed by atoms with Crippen LogP contribution in [0.15, 0.2) is 36.7 Å². The molecule has 2 rings (SSSR count). The molecular formula is C12H11N5O4. The van der Waals surface area contributed by atoms with Crippen LogP contribution in [0.25, 0.3) is 0 Å². The molecule has 9 heteroatoms. The first-order valence-corrected chi connectivity index (χ1v) is 5.80. The second kappa shape index (κ2) is 6.80. The minimum absolute atomic E-state index is 0.0800. The Balaban J connectivity index is 1.88. The van der Waals surface area contributed by atoms with Crippen molar-refractivity contribution >= 4 is 23.6 Å². The summed E-state index contributed by atoms with van der Waals surface area (Å²) in [7, 11) is 0. The Hall–Kier alpha value is -3.23. The number of nitrogens with zero attached hydrogens (tertiary/aromatic N) is 3. The van der Waals surface area contributed by atoms with Crippen molar-refractivity contribution in [1.82, 2.24) is 15.2 Å². The minimum Gasteiger partial charge on any atom is -0.482 e. The summed E-state index contributed by atoms with van der Waals surface area (Å²) in [6.07, 6.45) is 2.79. The van der Waals surface area contributed by atoms with Crippen molar-refractivity contribution in [2.24, 2.45) is 0 Å². The van der Waals surface area contributed by atoms with E-state index in [9.17, 15) is 9.59 Å². The number of rotatable bonds is 5. The summed E-state index contributed by atoms with van der Waals surface area (Å²) >= 11 is 0. The van der Waals surface area contributed by atoms with Gasteiger partial charge in [0.1, 0.15) is 5.75 Å². The van der Waals surface area contributed by atoms with Gasteiger partial charge in [-0.15, -0.1) is 5.10 Å². The lowest BCUT2D eigenvalue weighted by Crippen LogP contribution is -2.21. The topological polar surface area (TPSA) is 126 Å². The fourth-order valence-corrected chi connectivity index (χ4v) is 1.35. The van der Waals surface area contributed by atoms with Gasteiger partial charge in [-0.3, -0.25) is 5.32 Å². The molecule has 1 aromatic carbocycles. The fraction of sp³-hybridized carbons (Fsp3) is 0.0833. The number of carboxylic acid groups (broad SMARTS) is 1. The third-order valence-corrected chi connectivity index (χ3v) is 2.18. The van der Waals surface area contributed by atoms with Crippen molar-refractivity contribution in [3.63, 3.8) is 0 Å². The van der Waals surface area contributed by atoms with Gasteiger partial charge in [0.15, 0.2) is 6.61 Å². The number of hydrogen-bond acceptors (Lipinski definition) is 6. The van der Waals surface area contributed by atoms with Crippen LogP contribution in [0.1, 0.15) is 0 Å². The first-order chi connectivity index (χ1) is 10.1. The highest BCUT2D eigenvalue weighted by Gasteiger charge is 2.05. The number of nitrogens with one attached hydrogen (secondary N) is 2. The molecule has 2 amide bonds. The van der Waals surface area contributed by atoms with E-state index in [4.69, 9.17) is 9.84 Å². The summed E-state index contributed by atoms with van der Waals surface area (Å²) < 4.78 is 4.97. The van der Waals surface area contributed by atoms with E-state index in [2.05, 4.69) is 25.8 Å². The standard InChI is InChI=1S/C12H11N5O4/c18-10(19)7-21-9-3-1-8(2-4-9)15-12(20)16-11-13-5-6-14-17-11/h1-6H,7H2,(H,18,19)(H2,13,15,16,17,20). The van der Waals surface area contributed by atoms with Crippen molar-refractivity contribution in [2.75, 3.05) is 17.2 Å². The van der Waals surface area contributed by atoms with Gasteiger partial charge in [-0.2, -0.15) is 5.10 Å². The van der Waals surface area contributed by atoms with Gasteiger partial charge in [-0.1, -0.05) is 0 Å². The van der Waals surface area contributed by atoms with Crippen LogP contribution in [0.4, 0.5) is 16.4 Å². The number of aromatic nitrogens is 3. The zero-order valence-corrected chi connectivity index (χ0v) is 10.7.